The predicted octanol–water partition coefficient (Wildman–Crippen LogP) is 0.746. The lowest BCUT2D eigenvalue weighted by molar-refractivity contribution is -0.135. The van der Waals surface area contributed by atoms with E-state index in [1.807, 2.05) is 24.3 Å². The molecule has 0 spiro atoms. The van der Waals surface area contributed by atoms with Crippen LogP contribution in [-0.4, -0.2) is 48.9 Å². The summed E-state index contributed by atoms with van der Waals surface area (Å²) in [5.41, 5.74) is 0.905. The van der Waals surface area contributed by atoms with E-state index < -0.39 is 6.10 Å². The van der Waals surface area contributed by atoms with Crippen molar-refractivity contribution in [2.24, 2.45) is 0 Å². The summed E-state index contributed by atoms with van der Waals surface area (Å²) >= 11 is 0. The molecule has 3 atom stereocenters. The normalized spacial score (nSPS) is 22.9. The molecule has 1 fully saturated rings. The van der Waals surface area contributed by atoms with Gasteiger partial charge < -0.3 is 25.2 Å². The maximum Gasteiger partial charge on any atom is 0.222 e. The van der Waals surface area contributed by atoms with Crippen molar-refractivity contribution in [3.8, 4) is 5.75 Å². The van der Waals surface area contributed by atoms with Crippen molar-refractivity contribution in [2.75, 3.05) is 13.7 Å². The molecule has 1 saturated heterocycles. The van der Waals surface area contributed by atoms with Crippen LogP contribution in [0.4, 0.5) is 0 Å². The molecule has 0 aliphatic carbocycles. The minimum absolute atomic E-state index is 0.120. The number of carbonyl (C=O) groups is 2. The highest BCUT2D eigenvalue weighted by atomic mass is 16.5. The van der Waals surface area contributed by atoms with E-state index in [0.29, 0.717) is 19.4 Å². The Morgan fingerprint density at radius 3 is 2.76 bits per heavy atom. The number of methoxy groups -OCH3 is 1. The number of aliphatic hydroxyl groups excluding tert-OH is 1. The van der Waals surface area contributed by atoms with E-state index >= 15 is 0 Å². The fourth-order valence-electron chi connectivity index (χ4n) is 3.03. The number of rotatable bonds is 7. The number of para-hydroxylation sites is 1. The first-order chi connectivity index (χ1) is 12.0. The number of benzene rings is 1. The van der Waals surface area contributed by atoms with Crippen LogP contribution in [0.3, 0.4) is 0 Å². The SMILES string of the molecule is COc1ccccc1CNC(=O)C[C@@H]1CC[C@H](NC(C)=O)[C@@H](CO)O1. The molecule has 0 aromatic heterocycles. The summed E-state index contributed by atoms with van der Waals surface area (Å²) in [4.78, 5) is 23.4. The number of ether oxygens (including phenoxy) is 2. The zero-order valence-corrected chi connectivity index (χ0v) is 14.7. The van der Waals surface area contributed by atoms with E-state index in [9.17, 15) is 14.7 Å². The van der Waals surface area contributed by atoms with Gasteiger partial charge in [-0.15, -0.1) is 0 Å². The fourth-order valence-corrected chi connectivity index (χ4v) is 3.03. The van der Waals surface area contributed by atoms with Crippen LogP contribution in [0.2, 0.25) is 0 Å². The Kier molecular flexibility index (Phi) is 7.21. The molecular formula is C18H26N2O5. The van der Waals surface area contributed by atoms with E-state index in [-0.39, 0.29) is 37.0 Å². The molecule has 2 amide bonds. The van der Waals surface area contributed by atoms with Crippen molar-refractivity contribution in [1.29, 1.82) is 0 Å². The van der Waals surface area contributed by atoms with Crippen molar-refractivity contribution < 1.29 is 24.2 Å². The summed E-state index contributed by atoms with van der Waals surface area (Å²) in [5.74, 6) is 0.459. The molecule has 1 aromatic rings. The van der Waals surface area contributed by atoms with Gasteiger partial charge in [0.05, 0.1) is 32.3 Å². The number of carbonyl (C=O) groups excluding carboxylic acids is 2. The Bertz CT molecular complexity index is 593. The number of aliphatic hydroxyl groups is 1. The third-order valence-electron chi connectivity index (χ3n) is 4.27. The maximum atomic E-state index is 12.2. The molecule has 138 valence electrons. The molecule has 0 bridgehead atoms. The van der Waals surface area contributed by atoms with Gasteiger partial charge in [-0.05, 0) is 18.9 Å². The van der Waals surface area contributed by atoms with Gasteiger partial charge in [-0.1, -0.05) is 18.2 Å². The quantitative estimate of drug-likeness (QED) is 0.674. The van der Waals surface area contributed by atoms with Crippen molar-refractivity contribution in [1.82, 2.24) is 10.6 Å². The van der Waals surface area contributed by atoms with Crippen molar-refractivity contribution in [2.45, 2.75) is 51.0 Å². The highest BCUT2D eigenvalue weighted by Crippen LogP contribution is 2.22. The molecule has 3 N–H and O–H groups in total. The summed E-state index contributed by atoms with van der Waals surface area (Å²) in [5, 5.41) is 15.1. The molecule has 7 nitrogen and oxygen atoms in total. The molecule has 1 aromatic carbocycles. The van der Waals surface area contributed by atoms with E-state index in [0.717, 1.165) is 11.3 Å². The Balaban J connectivity index is 1.82. The van der Waals surface area contributed by atoms with Gasteiger partial charge in [0.2, 0.25) is 11.8 Å². The number of hydrogen-bond acceptors (Lipinski definition) is 5. The zero-order valence-electron chi connectivity index (χ0n) is 14.7. The van der Waals surface area contributed by atoms with Gasteiger partial charge in [0, 0.05) is 19.0 Å². The van der Waals surface area contributed by atoms with Gasteiger partial charge in [-0.25, -0.2) is 0 Å². The zero-order chi connectivity index (χ0) is 18.2. The summed E-state index contributed by atoms with van der Waals surface area (Å²) in [6, 6.07) is 7.30. The first kappa shape index (κ1) is 19.2. The number of amides is 2. The molecule has 7 heteroatoms. The Morgan fingerprint density at radius 2 is 2.08 bits per heavy atom. The average molecular weight is 350 g/mol. The summed E-state index contributed by atoms with van der Waals surface area (Å²) < 4.78 is 11.0. The van der Waals surface area contributed by atoms with Crippen LogP contribution in [0.15, 0.2) is 24.3 Å². The molecule has 25 heavy (non-hydrogen) atoms. The maximum absolute atomic E-state index is 12.2. The summed E-state index contributed by atoms with van der Waals surface area (Å²) in [7, 11) is 1.59. The minimum atomic E-state index is -0.482. The smallest absolute Gasteiger partial charge is 0.222 e. The van der Waals surface area contributed by atoms with Gasteiger partial charge in [0.15, 0.2) is 0 Å². The first-order valence-corrected chi connectivity index (χ1v) is 8.45. The van der Waals surface area contributed by atoms with Crippen LogP contribution >= 0.6 is 0 Å². The van der Waals surface area contributed by atoms with Gasteiger partial charge in [-0.3, -0.25) is 9.59 Å². The first-order valence-electron chi connectivity index (χ1n) is 8.45. The van der Waals surface area contributed by atoms with Crippen molar-refractivity contribution in [3.05, 3.63) is 29.8 Å². The fraction of sp³-hybridized carbons (Fsp3) is 0.556. The highest BCUT2D eigenvalue weighted by Gasteiger charge is 2.32. The number of nitrogens with one attached hydrogen (secondary N) is 2. The van der Waals surface area contributed by atoms with Crippen LogP contribution in [0, 0.1) is 0 Å². The summed E-state index contributed by atoms with van der Waals surface area (Å²) in [6.45, 7) is 1.63. The lowest BCUT2D eigenvalue weighted by Crippen LogP contribution is -2.51. The van der Waals surface area contributed by atoms with Gasteiger partial charge in [-0.2, -0.15) is 0 Å². The van der Waals surface area contributed by atoms with E-state index in [4.69, 9.17) is 9.47 Å². The van der Waals surface area contributed by atoms with Gasteiger partial charge >= 0.3 is 0 Å². The third-order valence-corrected chi connectivity index (χ3v) is 4.27. The second-order valence-electron chi connectivity index (χ2n) is 6.16. The van der Waals surface area contributed by atoms with Crippen LogP contribution in [0.1, 0.15) is 31.7 Å². The molecule has 0 unspecified atom stereocenters. The third kappa shape index (κ3) is 5.72. The number of hydrogen-bond donors (Lipinski definition) is 3. The topological polar surface area (TPSA) is 96.9 Å². The van der Waals surface area contributed by atoms with E-state index in [2.05, 4.69) is 10.6 Å². The molecule has 2 rings (SSSR count). The lowest BCUT2D eigenvalue weighted by Gasteiger charge is -2.35. The minimum Gasteiger partial charge on any atom is -0.496 e. The van der Waals surface area contributed by atoms with Crippen molar-refractivity contribution >= 4 is 11.8 Å². The van der Waals surface area contributed by atoms with Crippen LogP contribution in [-0.2, 0) is 20.9 Å². The lowest BCUT2D eigenvalue weighted by atomic mass is 9.97. The molecule has 0 radical (unpaired) electrons. The van der Waals surface area contributed by atoms with E-state index in [1.54, 1.807) is 7.11 Å². The Labute approximate surface area is 147 Å². The predicted molar refractivity (Wildman–Crippen MR) is 92.0 cm³/mol. The average Bonchev–Trinajstić information content (AvgIpc) is 2.61. The Morgan fingerprint density at radius 1 is 1.32 bits per heavy atom. The van der Waals surface area contributed by atoms with Crippen molar-refractivity contribution in [3.63, 3.8) is 0 Å². The molecular weight excluding hydrogens is 324 g/mol. The standard InChI is InChI=1S/C18H26N2O5/c1-12(22)20-15-8-7-14(25-17(15)11-21)9-18(23)19-10-13-5-3-4-6-16(13)24-2/h3-6,14-15,17,21H,7-11H2,1-2H3,(H,19,23)(H,20,22)/t14-,15-,17+/m0/s1. The molecule has 1 aliphatic heterocycles. The largest absolute Gasteiger partial charge is 0.496 e. The van der Waals surface area contributed by atoms with Gasteiger partial charge in [0.1, 0.15) is 11.9 Å². The monoisotopic (exact) mass is 350 g/mol. The second-order valence-corrected chi connectivity index (χ2v) is 6.16. The summed E-state index contributed by atoms with van der Waals surface area (Å²) in [6.07, 6.45) is 0.807. The van der Waals surface area contributed by atoms with Crippen LogP contribution in [0.25, 0.3) is 0 Å². The second kappa shape index (κ2) is 9.39. The Hall–Kier alpha value is -2.12. The highest BCUT2D eigenvalue weighted by molar-refractivity contribution is 5.76. The molecule has 1 heterocycles. The van der Waals surface area contributed by atoms with Crippen LogP contribution in [0.5, 0.6) is 5.75 Å². The van der Waals surface area contributed by atoms with E-state index in [1.165, 1.54) is 6.92 Å². The van der Waals surface area contributed by atoms with Crippen LogP contribution < -0.4 is 15.4 Å². The van der Waals surface area contributed by atoms with Gasteiger partial charge in [0.25, 0.3) is 0 Å². The molecule has 1 aliphatic rings. The molecule has 0 saturated carbocycles.